The summed E-state index contributed by atoms with van der Waals surface area (Å²) in [6.07, 6.45) is 6.07. The molecule has 0 bridgehead atoms. The molecule has 104 valence electrons. The van der Waals surface area contributed by atoms with E-state index in [1.165, 1.54) is 0 Å². The second-order valence-electron chi connectivity index (χ2n) is 4.58. The topological polar surface area (TPSA) is 61.4 Å². The van der Waals surface area contributed by atoms with Gasteiger partial charge in [-0.15, -0.1) is 16.7 Å². The highest BCUT2D eigenvalue weighted by Gasteiger charge is 2.13. The van der Waals surface area contributed by atoms with Crippen LogP contribution in [0.5, 0.6) is 0 Å². The fourth-order valence-corrected chi connectivity index (χ4v) is 2.42. The van der Waals surface area contributed by atoms with Crippen molar-refractivity contribution >= 4 is 22.8 Å². The maximum absolute atomic E-state index is 5.87. The van der Waals surface area contributed by atoms with Gasteiger partial charge in [0.1, 0.15) is 11.3 Å². The molecule has 3 aromatic heterocycles. The molecule has 6 nitrogen and oxygen atoms in total. The van der Waals surface area contributed by atoms with Crippen molar-refractivity contribution < 1.29 is 0 Å². The van der Waals surface area contributed by atoms with E-state index in [1.807, 2.05) is 25.4 Å². The summed E-state index contributed by atoms with van der Waals surface area (Å²) in [5.41, 5.74) is 2.99. The maximum atomic E-state index is 5.87. The minimum Gasteiger partial charge on any atom is -0.311 e. The third-order valence-corrected chi connectivity index (χ3v) is 3.45. The molecule has 0 aromatic carbocycles. The number of aromatic nitrogens is 6. The molecule has 20 heavy (non-hydrogen) atoms. The van der Waals surface area contributed by atoms with Crippen molar-refractivity contribution in [2.75, 3.05) is 5.88 Å². The number of nitrogens with zero attached hydrogens (tertiary/aromatic N) is 6. The van der Waals surface area contributed by atoms with Gasteiger partial charge in [0.2, 0.25) is 0 Å². The summed E-state index contributed by atoms with van der Waals surface area (Å²) in [7, 11) is 0. The first-order valence-electron chi connectivity index (χ1n) is 6.50. The first-order chi connectivity index (χ1) is 9.79. The molecule has 0 amide bonds. The Morgan fingerprint density at radius 2 is 2.15 bits per heavy atom. The van der Waals surface area contributed by atoms with Gasteiger partial charge in [-0.05, 0) is 18.6 Å². The number of pyridine rings is 1. The monoisotopic (exact) mass is 290 g/mol. The number of halogens is 1. The Hall–Kier alpha value is -1.95. The first kappa shape index (κ1) is 13.1. The van der Waals surface area contributed by atoms with Crippen molar-refractivity contribution in [2.24, 2.45) is 0 Å². The van der Waals surface area contributed by atoms with E-state index in [0.29, 0.717) is 5.88 Å². The SMILES string of the molecule is Cc1ccnc2c1nc(CCCl)n2CCn1ccnn1. The highest BCUT2D eigenvalue weighted by Crippen LogP contribution is 2.18. The molecular formula is C13H15ClN6. The molecule has 0 radical (unpaired) electrons. The zero-order valence-corrected chi connectivity index (χ0v) is 12.0. The first-order valence-corrected chi connectivity index (χ1v) is 7.04. The molecule has 0 aliphatic carbocycles. The zero-order valence-electron chi connectivity index (χ0n) is 11.2. The van der Waals surface area contributed by atoms with Crippen molar-refractivity contribution in [1.29, 1.82) is 0 Å². The molecule has 3 heterocycles. The van der Waals surface area contributed by atoms with Crippen molar-refractivity contribution in [3.63, 3.8) is 0 Å². The lowest BCUT2D eigenvalue weighted by Gasteiger charge is -2.07. The van der Waals surface area contributed by atoms with Crippen LogP contribution < -0.4 is 0 Å². The van der Waals surface area contributed by atoms with Crippen LogP contribution in [-0.2, 0) is 19.5 Å². The molecule has 0 spiro atoms. The zero-order chi connectivity index (χ0) is 13.9. The van der Waals surface area contributed by atoms with E-state index in [-0.39, 0.29) is 0 Å². The van der Waals surface area contributed by atoms with Crippen molar-refractivity contribution in [2.45, 2.75) is 26.4 Å². The van der Waals surface area contributed by atoms with Gasteiger partial charge >= 0.3 is 0 Å². The van der Waals surface area contributed by atoms with Gasteiger partial charge in [-0.1, -0.05) is 5.21 Å². The molecule has 0 N–H and O–H groups in total. The Morgan fingerprint density at radius 3 is 2.90 bits per heavy atom. The van der Waals surface area contributed by atoms with E-state index >= 15 is 0 Å². The Balaban J connectivity index is 1.98. The van der Waals surface area contributed by atoms with Crippen LogP contribution in [0.3, 0.4) is 0 Å². The molecule has 0 aliphatic heterocycles. The van der Waals surface area contributed by atoms with E-state index < -0.39 is 0 Å². The molecule has 0 aliphatic rings. The number of alkyl halides is 1. The summed E-state index contributed by atoms with van der Waals surface area (Å²) < 4.78 is 3.92. The lowest BCUT2D eigenvalue weighted by Crippen LogP contribution is -2.11. The Kier molecular flexibility index (Phi) is 3.64. The van der Waals surface area contributed by atoms with Gasteiger partial charge in [0.25, 0.3) is 0 Å². The van der Waals surface area contributed by atoms with Crippen LogP contribution in [-0.4, -0.2) is 35.4 Å². The number of hydrogen-bond donors (Lipinski definition) is 0. The molecule has 3 rings (SSSR count). The second-order valence-corrected chi connectivity index (χ2v) is 4.96. The van der Waals surface area contributed by atoms with Crippen molar-refractivity contribution in [3.05, 3.63) is 36.0 Å². The van der Waals surface area contributed by atoms with Crippen LogP contribution in [0.15, 0.2) is 24.7 Å². The number of rotatable bonds is 5. The summed E-state index contributed by atoms with van der Waals surface area (Å²) >= 11 is 5.87. The number of fused-ring (bicyclic) bond motifs is 1. The summed E-state index contributed by atoms with van der Waals surface area (Å²) in [5.74, 6) is 1.52. The van der Waals surface area contributed by atoms with Crippen LogP contribution in [0.2, 0.25) is 0 Å². The average Bonchev–Trinajstić information content (AvgIpc) is 3.05. The van der Waals surface area contributed by atoms with Gasteiger partial charge in [-0.3, -0.25) is 4.68 Å². The van der Waals surface area contributed by atoms with Gasteiger partial charge in [0, 0.05) is 31.2 Å². The van der Waals surface area contributed by atoms with E-state index in [1.54, 1.807) is 10.9 Å². The molecule has 0 saturated carbocycles. The van der Waals surface area contributed by atoms with E-state index in [4.69, 9.17) is 11.6 Å². The quantitative estimate of drug-likeness (QED) is 0.672. The Labute approximate surface area is 121 Å². The average molecular weight is 291 g/mol. The van der Waals surface area contributed by atoms with Gasteiger partial charge in [-0.25, -0.2) is 9.97 Å². The third kappa shape index (κ3) is 2.38. The van der Waals surface area contributed by atoms with Crippen LogP contribution in [0.1, 0.15) is 11.4 Å². The van der Waals surface area contributed by atoms with Crippen LogP contribution >= 0.6 is 11.6 Å². The maximum Gasteiger partial charge on any atom is 0.160 e. The number of hydrogen-bond acceptors (Lipinski definition) is 4. The van der Waals surface area contributed by atoms with Gasteiger partial charge in [-0.2, -0.15) is 0 Å². The van der Waals surface area contributed by atoms with Crippen LogP contribution in [0.25, 0.3) is 11.2 Å². The van der Waals surface area contributed by atoms with E-state index in [2.05, 4.69) is 24.8 Å². The van der Waals surface area contributed by atoms with Crippen LogP contribution in [0, 0.1) is 6.92 Å². The number of imidazole rings is 1. The van der Waals surface area contributed by atoms with Gasteiger partial charge < -0.3 is 4.57 Å². The summed E-state index contributed by atoms with van der Waals surface area (Å²) in [5, 5.41) is 7.78. The van der Waals surface area contributed by atoms with E-state index in [9.17, 15) is 0 Å². The smallest absolute Gasteiger partial charge is 0.160 e. The Bertz CT molecular complexity index is 703. The fourth-order valence-electron chi connectivity index (χ4n) is 2.25. The van der Waals surface area contributed by atoms with Gasteiger partial charge in [0.05, 0.1) is 12.7 Å². The third-order valence-electron chi connectivity index (χ3n) is 3.26. The van der Waals surface area contributed by atoms with Crippen molar-refractivity contribution in [1.82, 2.24) is 29.5 Å². The molecule has 0 saturated heterocycles. The second kappa shape index (κ2) is 5.58. The highest BCUT2D eigenvalue weighted by molar-refractivity contribution is 6.17. The molecule has 0 atom stereocenters. The normalized spacial score (nSPS) is 11.3. The summed E-state index contributed by atoms with van der Waals surface area (Å²) in [6.45, 7) is 3.53. The minimum atomic E-state index is 0.547. The molecule has 0 fully saturated rings. The standard InChI is InChI=1S/C13H15ClN6/c1-10-3-5-15-13-12(10)17-11(2-4-14)20(13)9-8-19-7-6-16-18-19/h3,5-7H,2,4,8-9H2,1H3. The lowest BCUT2D eigenvalue weighted by atomic mass is 10.3. The predicted molar refractivity (Wildman–Crippen MR) is 76.7 cm³/mol. The van der Waals surface area contributed by atoms with E-state index in [0.717, 1.165) is 42.1 Å². The Morgan fingerprint density at radius 1 is 1.25 bits per heavy atom. The number of aryl methyl sites for hydroxylation is 4. The molecule has 3 aromatic rings. The molecular weight excluding hydrogens is 276 g/mol. The largest absolute Gasteiger partial charge is 0.311 e. The van der Waals surface area contributed by atoms with Gasteiger partial charge in [0.15, 0.2) is 5.65 Å². The molecule has 7 heteroatoms. The summed E-state index contributed by atoms with van der Waals surface area (Å²) in [6, 6.07) is 1.97. The fraction of sp³-hybridized carbons (Fsp3) is 0.385. The highest BCUT2D eigenvalue weighted by atomic mass is 35.5. The molecule has 0 unspecified atom stereocenters. The lowest BCUT2D eigenvalue weighted by molar-refractivity contribution is 0.515. The minimum absolute atomic E-state index is 0.547. The summed E-state index contributed by atoms with van der Waals surface area (Å²) in [4.78, 5) is 9.13. The van der Waals surface area contributed by atoms with Crippen molar-refractivity contribution in [3.8, 4) is 0 Å². The van der Waals surface area contributed by atoms with Crippen LogP contribution in [0.4, 0.5) is 0 Å². The predicted octanol–water partition coefficient (Wildman–Crippen LogP) is 1.81.